The van der Waals surface area contributed by atoms with E-state index in [0.717, 1.165) is 18.7 Å². The minimum Gasteiger partial charge on any atom is -0.372 e. The van der Waals surface area contributed by atoms with Gasteiger partial charge in [-0.3, -0.25) is 0 Å². The Bertz CT molecular complexity index is 375. The molecule has 1 aromatic rings. The zero-order valence-corrected chi connectivity index (χ0v) is 11.3. The molecule has 0 bridgehead atoms. The molecule has 0 radical (unpaired) electrons. The molecule has 1 aliphatic rings. The van der Waals surface area contributed by atoms with E-state index in [0.29, 0.717) is 12.1 Å². The van der Waals surface area contributed by atoms with E-state index in [1.165, 1.54) is 25.3 Å². The lowest BCUT2D eigenvalue weighted by Gasteiger charge is -2.32. The van der Waals surface area contributed by atoms with Gasteiger partial charge in [0.1, 0.15) is 5.82 Å². The summed E-state index contributed by atoms with van der Waals surface area (Å²) in [5.74, 6) is -0.164. The maximum absolute atomic E-state index is 13.2. The van der Waals surface area contributed by atoms with Gasteiger partial charge >= 0.3 is 0 Å². The summed E-state index contributed by atoms with van der Waals surface area (Å²) in [6, 6.07) is 7.86. The number of rotatable bonds is 4. The zero-order chi connectivity index (χ0) is 13.0. The molecular weight excluding hydrogens is 227 g/mol. The highest BCUT2D eigenvalue weighted by Gasteiger charge is 2.18. The van der Waals surface area contributed by atoms with E-state index in [2.05, 4.69) is 17.1 Å². The summed E-state index contributed by atoms with van der Waals surface area (Å²) < 4.78 is 13.2. The maximum Gasteiger partial charge on any atom is 0.125 e. The average molecular weight is 250 g/mol. The van der Waals surface area contributed by atoms with Crippen LogP contribution in [-0.4, -0.2) is 25.7 Å². The number of benzene rings is 1. The fraction of sp³-hybridized carbons (Fsp3) is 0.600. The fourth-order valence-electron chi connectivity index (χ4n) is 2.65. The van der Waals surface area contributed by atoms with E-state index < -0.39 is 0 Å². The number of nitrogens with zero attached hydrogens (tertiary/aromatic N) is 1. The van der Waals surface area contributed by atoms with Crippen molar-refractivity contribution < 1.29 is 4.39 Å². The molecule has 1 fully saturated rings. The van der Waals surface area contributed by atoms with Gasteiger partial charge in [-0.2, -0.15) is 0 Å². The van der Waals surface area contributed by atoms with Gasteiger partial charge in [0.25, 0.3) is 0 Å². The van der Waals surface area contributed by atoms with Crippen LogP contribution in [0.15, 0.2) is 24.3 Å². The molecule has 1 N–H and O–H groups in total. The Hall–Kier alpha value is -1.09. The molecule has 1 saturated heterocycles. The lowest BCUT2D eigenvalue weighted by molar-refractivity contribution is 0.362. The van der Waals surface area contributed by atoms with Gasteiger partial charge in [0, 0.05) is 24.8 Å². The van der Waals surface area contributed by atoms with Crippen LogP contribution in [0.25, 0.3) is 0 Å². The molecule has 2 unspecified atom stereocenters. The van der Waals surface area contributed by atoms with Crippen molar-refractivity contribution in [2.24, 2.45) is 0 Å². The van der Waals surface area contributed by atoms with Crippen LogP contribution in [0.4, 0.5) is 10.1 Å². The maximum atomic E-state index is 13.2. The molecule has 1 heterocycles. The molecule has 0 amide bonds. The minimum absolute atomic E-state index is 0.164. The third kappa shape index (κ3) is 3.45. The van der Waals surface area contributed by atoms with Gasteiger partial charge in [0.05, 0.1) is 0 Å². The van der Waals surface area contributed by atoms with Gasteiger partial charge < -0.3 is 10.2 Å². The molecular formula is C15H23FN2. The van der Waals surface area contributed by atoms with Crippen LogP contribution < -0.4 is 10.2 Å². The number of hydrogen-bond acceptors (Lipinski definition) is 2. The summed E-state index contributed by atoms with van der Waals surface area (Å²) in [4.78, 5) is 2.17. The van der Waals surface area contributed by atoms with E-state index in [-0.39, 0.29) is 5.82 Å². The number of piperidine rings is 1. The lowest BCUT2D eigenvalue weighted by Crippen LogP contribution is -2.40. The van der Waals surface area contributed by atoms with Gasteiger partial charge in [0.2, 0.25) is 0 Å². The summed E-state index contributed by atoms with van der Waals surface area (Å²) in [5, 5.41) is 3.57. The Morgan fingerprint density at radius 3 is 2.94 bits per heavy atom. The van der Waals surface area contributed by atoms with Crippen molar-refractivity contribution in [3.63, 3.8) is 0 Å². The van der Waals surface area contributed by atoms with Crippen molar-refractivity contribution in [3.05, 3.63) is 30.1 Å². The summed E-state index contributed by atoms with van der Waals surface area (Å²) >= 11 is 0. The standard InChI is InChI=1S/C15H23FN2/c1-12(10-14-7-3-4-9-17-14)18(2)15-8-5-6-13(16)11-15/h5-6,8,11-12,14,17H,3-4,7,9-10H2,1-2H3. The van der Waals surface area contributed by atoms with Crippen molar-refractivity contribution in [3.8, 4) is 0 Å². The van der Waals surface area contributed by atoms with E-state index >= 15 is 0 Å². The highest BCUT2D eigenvalue weighted by molar-refractivity contribution is 5.46. The molecule has 0 saturated carbocycles. The van der Waals surface area contributed by atoms with Gasteiger partial charge in [-0.25, -0.2) is 4.39 Å². The Labute approximate surface area is 109 Å². The Morgan fingerprint density at radius 1 is 1.44 bits per heavy atom. The van der Waals surface area contributed by atoms with Crippen LogP contribution in [0.3, 0.4) is 0 Å². The first-order chi connectivity index (χ1) is 8.66. The van der Waals surface area contributed by atoms with Crippen LogP contribution in [0, 0.1) is 5.82 Å². The number of halogens is 1. The zero-order valence-electron chi connectivity index (χ0n) is 11.3. The Balaban J connectivity index is 1.93. The third-order valence-electron chi connectivity index (χ3n) is 3.91. The first-order valence-corrected chi connectivity index (χ1v) is 6.88. The summed E-state index contributed by atoms with van der Waals surface area (Å²) in [6.45, 7) is 3.35. The molecule has 2 rings (SSSR count). The first kappa shape index (κ1) is 13.3. The molecule has 0 spiro atoms. The normalized spacial score (nSPS) is 21.6. The predicted molar refractivity (Wildman–Crippen MR) is 74.5 cm³/mol. The fourth-order valence-corrected chi connectivity index (χ4v) is 2.65. The molecule has 1 aromatic carbocycles. The molecule has 0 aromatic heterocycles. The smallest absolute Gasteiger partial charge is 0.125 e. The second kappa shape index (κ2) is 6.19. The molecule has 0 aliphatic carbocycles. The molecule has 1 aliphatic heterocycles. The number of hydrogen-bond donors (Lipinski definition) is 1. The van der Waals surface area contributed by atoms with Gasteiger partial charge in [-0.15, -0.1) is 0 Å². The van der Waals surface area contributed by atoms with E-state index in [1.807, 2.05) is 13.1 Å². The highest BCUT2D eigenvalue weighted by Crippen LogP contribution is 2.20. The summed E-state index contributed by atoms with van der Waals surface area (Å²) in [5.41, 5.74) is 0.957. The van der Waals surface area contributed by atoms with Gasteiger partial charge in [0.15, 0.2) is 0 Å². The van der Waals surface area contributed by atoms with Crippen LogP contribution in [0.5, 0.6) is 0 Å². The van der Waals surface area contributed by atoms with Crippen LogP contribution in [0.2, 0.25) is 0 Å². The van der Waals surface area contributed by atoms with Crippen molar-refractivity contribution in [2.75, 3.05) is 18.5 Å². The highest BCUT2D eigenvalue weighted by atomic mass is 19.1. The van der Waals surface area contributed by atoms with E-state index in [4.69, 9.17) is 0 Å². The van der Waals surface area contributed by atoms with Crippen molar-refractivity contribution >= 4 is 5.69 Å². The molecule has 2 nitrogen and oxygen atoms in total. The van der Waals surface area contributed by atoms with Crippen LogP contribution in [-0.2, 0) is 0 Å². The first-order valence-electron chi connectivity index (χ1n) is 6.88. The second-order valence-corrected chi connectivity index (χ2v) is 5.32. The Kier molecular flexibility index (Phi) is 4.59. The largest absolute Gasteiger partial charge is 0.372 e. The number of nitrogens with one attached hydrogen (secondary N) is 1. The monoisotopic (exact) mass is 250 g/mol. The van der Waals surface area contributed by atoms with Gasteiger partial charge in [-0.1, -0.05) is 12.5 Å². The lowest BCUT2D eigenvalue weighted by atomic mass is 9.98. The topological polar surface area (TPSA) is 15.3 Å². The van der Waals surface area contributed by atoms with E-state index in [9.17, 15) is 4.39 Å². The summed E-state index contributed by atoms with van der Waals surface area (Å²) in [6.07, 6.45) is 5.01. The number of anilines is 1. The second-order valence-electron chi connectivity index (χ2n) is 5.32. The van der Waals surface area contributed by atoms with Crippen LogP contribution in [0.1, 0.15) is 32.6 Å². The third-order valence-corrected chi connectivity index (χ3v) is 3.91. The molecule has 2 atom stereocenters. The van der Waals surface area contributed by atoms with E-state index in [1.54, 1.807) is 12.1 Å². The molecule has 18 heavy (non-hydrogen) atoms. The quantitative estimate of drug-likeness (QED) is 0.883. The van der Waals surface area contributed by atoms with Crippen molar-refractivity contribution in [1.29, 1.82) is 0 Å². The Morgan fingerprint density at radius 2 is 2.28 bits per heavy atom. The average Bonchev–Trinajstić information content (AvgIpc) is 2.39. The van der Waals surface area contributed by atoms with Crippen LogP contribution >= 0.6 is 0 Å². The SMILES string of the molecule is CC(CC1CCCCN1)N(C)c1cccc(F)c1. The predicted octanol–water partition coefficient (Wildman–Crippen LogP) is 3.18. The minimum atomic E-state index is -0.164. The summed E-state index contributed by atoms with van der Waals surface area (Å²) in [7, 11) is 2.04. The van der Waals surface area contributed by atoms with Crippen molar-refractivity contribution in [1.82, 2.24) is 5.32 Å². The van der Waals surface area contributed by atoms with Crippen molar-refractivity contribution in [2.45, 2.75) is 44.7 Å². The van der Waals surface area contributed by atoms with Gasteiger partial charge in [-0.05, 0) is 50.9 Å². The molecule has 100 valence electrons. The molecule has 3 heteroatoms.